The first-order valence-electron chi connectivity index (χ1n) is 12.2. The highest BCUT2D eigenvalue weighted by atomic mass is 127. The summed E-state index contributed by atoms with van der Waals surface area (Å²) in [4.78, 5) is 23.6. The highest BCUT2D eigenvalue weighted by molar-refractivity contribution is 14.1. The SMILES string of the molecule is N#Cc1ccc(C[C@@H](c2ncc(-c3ccc(I)cc3F)[nH]2)n2c(O)c(-c3ccc(OCCO)cc3)[nH]c2=O)cc1. The molecule has 3 aromatic carbocycles. The summed E-state index contributed by atoms with van der Waals surface area (Å²) < 4.78 is 22.0. The number of aromatic hydroxyl groups is 1. The Balaban J connectivity index is 1.56. The molecule has 0 aliphatic rings. The molecule has 5 aromatic rings. The van der Waals surface area contributed by atoms with Crippen molar-refractivity contribution in [3.8, 4) is 40.2 Å². The van der Waals surface area contributed by atoms with Crippen molar-refractivity contribution >= 4 is 22.6 Å². The van der Waals surface area contributed by atoms with Gasteiger partial charge in [-0.15, -0.1) is 0 Å². The molecule has 11 heteroatoms. The van der Waals surface area contributed by atoms with E-state index in [1.165, 1.54) is 16.8 Å². The number of imidazole rings is 2. The number of halogens is 2. The molecule has 2 aromatic heterocycles. The molecule has 0 unspecified atom stereocenters. The van der Waals surface area contributed by atoms with Gasteiger partial charge in [-0.3, -0.25) is 4.57 Å². The number of nitrogens with zero attached hydrogens (tertiary/aromatic N) is 3. The van der Waals surface area contributed by atoms with Crippen LogP contribution in [0.1, 0.15) is 23.0 Å². The summed E-state index contributed by atoms with van der Waals surface area (Å²) in [5.41, 5.74) is 2.22. The van der Waals surface area contributed by atoms with Crippen LogP contribution in [0.4, 0.5) is 4.39 Å². The van der Waals surface area contributed by atoms with Crippen LogP contribution in [0.25, 0.3) is 22.5 Å². The van der Waals surface area contributed by atoms with Crippen LogP contribution in [0, 0.1) is 20.7 Å². The second kappa shape index (κ2) is 11.8. The van der Waals surface area contributed by atoms with Gasteiger partial charge in [0.05, 0.1) is 30.1 Å². The number of nitrogens with one attached hydrogen (secondary N) is 2. The summed E-state index contributed by atoms with van der Waals surface area (Å²) >= 11 is 2.03. The Hall–Kier alpha value is -4.41. The van der Waals surface area contributed by atoms with E-state index >= 15 is 0 Å². The number of aliphatic hydroxyl groups is 1. The summed E-state index contributed by atoms with van der Waals surface area (Å²) in [6, 6.07) is 19.7. The van der Waals surface area contributed by atoms with E-state index in [4.69, 9.17) is 15.1 Å². The lowest BCUT2D eigenvalue weighted by molar-refractivity contribution is 0.201. The number of benzene rings is 3. The van der Waals surface area contributed by atoms with E-state index in [0.29, 0.717) is 34.0 Å². The monoisotopic (exact) mass is 651 g/mol. The van der Waals surface area contributed by atoms with Crippen molar-refractivity contribution in [3.05, 3.63) is 110 Å². The van der Waals surface area contributed by atoms with Crippen LogP contribution in [-0.4, -0.2) is 42.9 Å². The molecule has 9 nitrogen and oxygen atoms in total. The van der Waals surface area contributed by atoms with E-state index in [1.807, 2.05) is 22.6 Å². The van der Waals surface area contributed by atoms with Crippen molar-refractivity contribution < 1.29 is 19.3 Å². The molecule has 202 valence electrons. The van der Waals surface area contributed by atoms with Gasteiger partial charge >= 0.3 is 5.69 Å². The normalized spacial score (nSPS) is 11.8. The van der Waals surface area contributed by atoms with Gasteiger partial charge in [0.15, 0.2) is 0 Å². The van der Waals surface area contributed by atoms with Crippen LogP contribution in [0.15, 0.2) is 77.7 Å². The van der Waals surface area contributed by atoms with E-state index in [2.05, 4.69) is 21.0 Å². The fourth-order valence-electron chi connectivity index (χ4n) is 4.41. The number of hydrogen-bond donors (Lipinski definition) is 4. The Kier molecular flexibility index (Phi) is 7.99. The maximum absolute atomic E-state index is 14.7. The van der Waals surface area contributed by atoms with Gasteiger partial charge in [0.25, 0.3) is 0 Å². The zero-order valence-corrected chi connectivity index (χ0v) is 23.1. The minimum atomic E-state index is -0.793. The van der Waals surface area contributed by atoms with E-state index in [9.17, 15) is 14.3 Å². The van der Waals surface area contributed by atoms with Gasteiger partial charge in [0, 0.05) is 21.1 Å². The van der Waals surface area contributed by atoms with Crippen molar-refractivity contribution in [3.63, 3.8) is 0 Å². The van der Waals surface area contributed by atoms with E-state index in [1.54, 1.807) is 60.7 Å². The summed E-state index contributed by atoms with van der Waals surface area (Å²) in [5.74, 6) is 0.156. The third-order valence-electron chi connectivity index (χ3n) is 6.36. The van der Waals surface area contributed by atoms with Crippen LogP contribution in [-0.2, 0) is 6.42 Å². The topological polar surface area (TPSA) is 140 Å². The third-order valence-corrected chi connectivity index (χ3v) is 7.03. The first-order chi connectivity index (χ1) is 19.4. The lowest BCUT2D eigenvalue weighted by Gasteiger charge is -2.17. The molecule has 0 spiro atoms. The number of H-pyrrole nitrogens is 2. The Morgan fingerprint density at radius 3 is 2.52 bits per heavy atom. The highest BCUT2D eigenvalue weighted by Gasteiger charge is 2.26. The van der Waals surface area contributed by atoms with Gasteiger partial charge in [-0.05, 0) is 82.8 Å². The van der Waals surface area contributed by atoms with Gasteiger partial charge in [0.1, 0.15) is 35.7 Å². The third kappa shape index (κ3) is 5.63. The molecular formula is C29H23FIN5O4. The molecule has 40 heavy (non-hydrogen) atoms. The Bertz CT molecular complexity index is 1740. The predicted octanol–water partition coefficient (Wildman–Crippen LogP) is 4.76. The predicted molar refractivity (Wildman–Crippen MR) is 154 cm³/mol. The smallest absolute Gasteiger partial charge is 0.329 e. The fourth-order valence-corrected chi connectivity index (χ4v) is 4.86. The van der Waals surface area contributed by atoms with Crippen molar-refractivity contribution in [2.75, 3.05) is 13.2 Å². The zero-order chi connectivity index (χ0) is 28.2. The summed E-state index contributed by atoms with van der Waals surface area (Å²) in [6.07, 6.45) is 1.74. The first-order valence-corrected chi connectivity index (χ1v) is 13.3. The lowest BCUT2D eigenvalue weighted by atomic mass is 10.0. The zero-order valence-electron chi connectivity index (χ0n) is 20.9. The number of hydrogen-bond acceptors (Lipinski definition) is 6. The van der Waals surface area contributed by atoms with E-state index in [0.717, 1.165) is 9.13 Å². The van der Waals surface area contributed by atoms with E-state index < -0.39 is 17.5 Å². The maximum atomic E-state index is 14.7. The molecule has 0 aliphatic heterocycles. The largest absolute Gasteiger partial charge is 0.493 e. The summed E-state index contributed by atoms with van der Waals surface area (Å²) in [5, 5.41) is 29.4. The molecule has 0 amide bonds. The van der Waals surface area contributed by atoms with Gasteiger partial charge < -0.3 is 24.9 Å². The summed E-state index contributed by atoms with van der Waals surface area (Å²) in [6.45, 7) is 0.0239. The van der Waals surface area contributed by atoms with Crippen LogP contribution in [0.3, 0.4) is 0 Å². The maximum Gasteiger partial charge on any atom is 0.329 e. The summed E-state index contributed by atoms with van der Waals surface area (Å²) in [7, 11) is 0. The molecule has 0 radical (unpaired) electrons. The number of aromatic amines is 2. The molecule has 0 saturated heterocycles. The van der Waals surface area contributed by atoms with Gasteiger partial charge in [-0.1, -0.05) is 12.1 Å². The number of rotatable bonds is 9. The van der Waals surface area contributed by atoms with Crippen LogP contribution < -0.4 is 10.4 Å². The van der Waals surface area contributed by atoms with Crippen molar-refractivity contribution in [2.24, 2.45) is 0 Å². The average molecular weight is 651 g/mol. The lowest BCUT2D eigenvalue weighted by Crippen LogP contribution is -2.25. The van der Waals surface area contributed by atoms with Crippen molar-refractivity contribution in [1.82, 2.24) is 19.5 Å². The molecule has 0 saturated carbocycles. The molecule has 5 rings (SSSR count). The molecule has 0 bridgehead atoms. The molecule has 1 atom stereocenters. The Morgan fingerprint density at radius 2 is 1.85 bits per heavy atom. The molecular weight excluding hydrogens is 628 g/mol. The molecule has 0 aliphatic carbocycles. The van der Waals surface area contributed by atoms with Crippen molar-refractivity contribution in [1.29, 1.82) is 5.26 Å². The molecule has 4 N–H and O–H groups in total. The van der Waals surface area contributed by atoms with Crippen molar-refractivity contribution in [2.45, 2.75) is 12.5 Å². The minimum Gasteiger partial charge on any atom is -0.493 e. The Morgan fingerprint density at radius 1 is 1.10 bits per heavy atom. The number of aliphatic hydroxyl groups excluding tert-OH is 1. The number of aromatic nitrogens is 4. The second-order valence-corrected chi connectivity index (χ2v) is 10.2. The second-order valence-electron chi connectivity index (χ2n) is 8.93. The van der Waals surface area contributed by atoms with Crippen LogP contribution in [0.5, 0.6) is 11.6 Å². The minimum absolute atomic E-state index is 0.121. The Labute approximate surface area is 241 Å². The highest BCUT2D eigenvalue weighted by Crippen LogP contribution is 2.33. The molecule has 2 heterocycles. The molecule has 0 fully saturated rings. The fraction of sp³-hybridized carbons (Fsp3) is 0.138. The van der Waals surface area contributed by atoms with Crippen LogP contribution >= 0.6 is 22.6 Å². The van der Waals surface area contributed by atoms with Crippen LogP contribution in [0.2, 0.25) is 0 Å². The first kappa shape index (κ1) is 27.2. The average Bonchev–Trinajstić information content (AvgIpc) is 3.56. The standard InChI is InChI=1S/C29H23FIN5O4/c30-23-14-20(31)7-10-22(23)24-16-33-27(34-24)25(13-17-1-3-18(15-32)4-2-17)36-28(38)26(35-29(36)39)19-5-8-21(9-6-19)40-12-11-37/h1-10,14,16,25,37-38H,11-13H2,(H,33,34)(H,35,39)/t25-/m0/s1. The van der Waals surface area contributed by atoms with Gasteiger partial charge in [-0.2, -0.15) is 5.26 Å². The quantitative estimate of drug-likeness (QED) is 0.170. The number of ether oxygens (including phenoxy) is 1. The van der Waals surface area contributed by atoms with Gasteiger partial charge in [0.2, 0.25) is 5.88 Å². The number of nitriles is 1. The van der Waals surface area contributed by atoms with Gasteiger partial charge in [-0.25, -0.2) is 14.2 Å². The van der Waals surface area contributed by atoms with E-state index in [-0.39, 0.29) is 31.2 Å².